The molecule has 0 aliphatic rings. The number of carbonyl (C=O) groups excluding carboxylic acids is 2. The van der Waals surface area contributed by atoms with Crippen LogP contribution in [0.4, 0.5) is 21.2 Å². The third-order valence-electron chi connectivity index (χ3n) is 2.80. The average molecular weight is 334 g/mol. The number of hydrogen-bond acceptors (Lipinski definition) is 8. The molecular weight excluding hydrogens is 316 g/mol. The molecule has 0 aliphatic heterocycles. The summed E-state index contributed by atoms with van der Waals surface area (Å²) in [6.07, 6.45) is -1.26. The Morgan fingerprint density at radius 1 is 0.875 bits per heavy atom. The molecule has 0 saturated carbocycles. The molecule has 1 aromatic carbocycles. The second-order valence-corrected chi connectivity index (χ2v) is 4.38. The predicted molar refractivity (Wildman–Crippen MR) is 87.1 cm³/mol. The first-order valence-electron chi connectivity index (χ1n) is 7.28. The van der Waals surface area contributed by atoms with Crippen molar-refractivity contribution in [2.24, 2.45) is 0 Å². The minimum Gasteiger partial charge on any atom is -0.449 e. The number of benzene rings is 1. The molecule has 2 amide bonds. The predicted octanol–water partition coefficient (Wildman–Crippen LogP) is 1.78. The zero-order valence-corrected chi connectivity index (χ0v) is 13.3. The van der Waals surface area contributed by atoms with E-state index >= 15 is 0 Å². The molecule has 0 bridgehead atoms. The summed E-state index contributed by atoms with van der Waals surface area (Å²) in [5, 5.41) is 9.31. The largest absolute Gasteiger partial charge is 0.449 e. The smallest absolute Gasteiger partial charge is 0.425 e. The van der Waals surface area contributed by atoms with Gasteiger partial charge in [-0.2, -0.15) is 0 Å². The molecule has 0 saturated heterocycles. The van der Waals surface area contributed by atoms with Crippen molar-refractivity contribution in [3.63, 3.8) is 0 Å². The molecule has 0 aliphatic carbocycles. The summed E-state index contributed by atoms with van der Waals surface area (Å²) in [6.45, 7) is 3.91. The number of nitrogens with zero attached hydrogens (tertiary/aromatic N) is 2. The minimum atomic E-state index is -0.630. The van der Waals surface area contributed by atoms with Crippen LogP contribution in [0.5, 0.6) is 0 Å². The standard InChI is InChI=1S/C14H18N6O4/c1-3-23-13(21)19-17-11-9-7-5-6-8-10(9)12(16-15-11)18-20-14(22)24-4-2/h5-8H,3-4H2,1-2H3,(H,15,17)(H,16,18)(H,19,21)(H,20,22). The van der Waals surface area contributed by atoms with Crippen molar-refractivity contribution in [1.29, 1.82) is 0 Å². The molecule has 1 heterocycles. The summed E-state index contributed by atoms with van der Waals surface area (Å²) in [5.74, 6) is 0.667. The van der Waals surface area contributed by atoms with Gasteiger partial charge in [-0.15, -0.1) is 10.2 Å². The van der Waals surface area contributed by atoms with Gasteiger partial charge in [-0.25, -0.2) is 20.4 Å². The average Bonchev–Trinajstić information content (AvgIpc) is 2.59. The maximum atomic E-state index is 11.3. The fourth-order valence-corrected chi connectivity index (χ4v) is 1.84. The molecular formula is C14H18N6O4. The van der Waals surface area contributed by atoms with E-state index in [0.29, 0.717) is 22.4 Å². The Labute approximate surface area is 137 Å². The first-order valence-corrected chi connectivity index (χ1v) is 7.28. The van der Waals surface area contributed by atoms with Gasteiger partial charge in [0.1, 0.15) is 0 Å². The van der Waals surface area contributed by atoms with E-state index in [1.165, 1.54) is 0 Å². The van der Waals surface area contributed by atoms with Crippen LogP contribution < -0.4 is 21.7 Å². The second-order valence-electron chi connectivity index (χ2n) is 4.38. The van der Waals surface area contributed by atoms with E-state index in [-0.39, 0.29) is 13.2 Å². The van der Waals surface area contributed by atoms with Crippen LogP contribution in [-0.2, 0) is 9.47 Å². The van der Waals surface area contributed by atoms with Crippen LogP contribution in [0, 0.1) is 0 Å². The molecule has 4 N–H and O–H groups in total. The van der Waals surface area contributed by atoms with Crippen LogP contribution in [0.25, 0.3) is 10.8 Å². The van der Waals surface area contributed by atoms with E-state index in [0.717, 1.165) is 0 Å². The van der Waals surface area contributed by atoms with Crippen LogP contribution in [0.3, 0.4) is 0 Å². The minimum absolute atomic E-state index is 0.252. The number of anilines is 2. The van der Waals surface area contributed by atoms with Crippen molar-refractivity contribution in [1.82, 2.24) is 21.0 Å². The highest BCUT2D eigenvalue weighted by atomic mass is 16.6. The number of fused-ring (bicyclic) bond motifs is 1. The lowest BCUT2D eigenvalue weighted by atomic mass is 10.2. The highest BCUT2D eigenvalue weighted by Crippen LogP contribution is 2.24. The van der Waals surface area contributed by atoms with Gasteiger partial charge in [-0.1, -0.05) is 24.3 Å². The molecule has 2 aromatic rings. The van der Waals surface area contributed by atoms with Crippen molar-refractivity contribution < 1.29 is 19.1 Å². The molecule has 24 heavy (non-hydrogen) atoms. The number of amides is 2. The third kappa shape index (κ3) is 4.35. The van der Waals surface area contributed by atoms with Gasteiger partial charge in [0.05, 0.1) is 13.2 Å². The van der Waals surface area contributed by atoms with Crippen LogP contribution in [0.2, 0.25) is 0 Å². The summed E-state index contributed by atoms with van der Waals surface area (Å²) in [6, 6.07) is 7.19. The molecule has 1 aromatic heterocycles. The lowest BCUT2D eigenvalue weighted by molar-refractivity contribution is 0.153. The highest BCUT2D eigenvalue weighted by Gasteiger charge is 2.10. The Hall–Kier alpha value is -3.30. The third-order valence-corrected chi connectivity index (χ3v) is 2.80. The zero-order valence-electron chi connectivity index (χ0n) is 13.3. The highest BCUT2D eigenvalue weighted by molar-refractivity contribution is 5.98. The Bertz CT molecular complexity index is 663. The zero-order chi connectivity index (χ0) is 17.4. The fourth-order valence-electron chi connectivity index (χ4n) is 1.84. The number of carbonyl (C=O) groups is 2. The molecule has 10 nitrogen and oxygen atoms in total. The topological polar surface area (TPSA) is 127 Å². The summed E-state index contributed by atoms with van der Waals surface area (Å²) in [4.78, 5) is 22.7. The van der Waals surface area contributed by atoms with Crippen LogP contribution in [0.15, 0.2) is 24.3 Å². The lowest BCUT2D eigenvalue weighted by Crippen LogP contribution is -2.32. The summed E-state index contributed by atoms with van der Waals surface area (Å²) < 4.78 is 9.51. The Balaban J connectivity index is 2.16. The first kappa shape index (κ1) is 17.1. The van der Waals surface area contributed by atoms with Gasteiger partial charge in [-0.05, 0) is 13.8 Å². The van der Waals surface area contributed by atoms with E-state index < -0.39 is 12.2 Å². The number of ether oxygens (including phenoxy) is 2. The molecule has 10 heteroatoms. The van der Waals surface area contributed by atoms with E-state index in [1.54, 1.807) is 26.0 Å². The molecule has 0 spiro atoms. The second kappa shape index (κ2) is 8.36. The summed E-state index contributed by atoms with van der Waals surface area (Å²) >= 11 is 0. The van der Waals surface area contributed by atoms with Gasteiger partial charge >= 0.3 is 12.2 Å². The van der Waals surface area contributed by atoms with Gasteiger partial charge in [0.15, 0.2) is 11.6 Å². The van der Waals surface area contributed by atoms with Crippen molar-refractivity contribution in [2.45, 2.75) is 13.8 Å². The van der Waals surface area contributed by atoms with E-state index in [9.17, 15) is 9.59 Å². The summed E-state index contributed by atoms with van der Waals surface area (Å²) in [7, 11) is 0. The van der Waals surface area contributed by atoms with Gasteiger partial charge in [0.25, 0.3) is 0 Å². The molecule has 0 radical (unpaired) electrons. The molecule has 2 rings (SSSR count). The Morgan fingerprint density at radius 2 is 1.29 bits per heavy atom. The quantitative estimate of drug-likeness (QED) is 0.589. The van der Waals surface area contributed by atoms with Crippen LogP contribution >= 0.6 is 0 Å². The van der Waals surface area contributed by atoms with Crippen LogP contribution in [0.1, 0.15) is 13.8 Å². The van der Waals surface area contributed by atoms with Crippen molar-refractivity contribution in [3.8, 4) is 0 Å². The molecule has 0 atom stereocenters. The monoisotopic (exact) mass is 334 g/mol. The van der Waals surface area contributed by atoms with Crippen LogP contribution in [-0.4, -0.2) is 35.6 Å². The number of hydrogen-bond donors (Lipinski definition) is 4. The Kier molecular flexibility index (Phi) is 5.95. The normalized spacial score (nSPS) is 9.92. The Morgan fingerprint density at radius 3 is 1.67 bits per heavy atom. The van der Waals surface area contributed by atoms with E-state index in [1.807, 2.05) is 12.1 Å². The maximum Gasteiger partial charge on any atom is 0.425 e. The van der Waals surface area contributed by atoms with Crippen molar-refractivity contribution in [2.75, 3.05) is 24.1 Å². The van der Waals surface area contributed by atoms with Crippen molar-refractivity contribution in [3.05, 3.63) is 24.3 Å². The summed E-state index contributed by atoms with van der Waals surface area (Å²) in [5.41, 5.74) is 10.0. The van der Waals surface area contributed by atoms with Gasteiger partial charge in [-0.3, -0.25) is 10.9 Å². The number of aromatic nitrogens is 2. The molecule has 0 unspecified atom stereocenters. The lowest BCUT2D eigenvalue weighted by Gasteiger charge is -2.13. The maximum absolute atomic E-state index is 11.3. The van der Waals surface area contributed by atoms with Gasteiger partial charge < -0.3 is 9.47 Å². The fraction of sp³-hybridized carbons (Fsp3) is 0.286. The van der Waals surface area contributed by atoms with E-state index in [4.69, 9.17) is 9.47 Å². The van der Waals surface area contributed by atoms with Gasteiger partial charge in [0.2, 0.25) is 0 Å². The first-order chi connectivity index (χ1) is 11.7. The number of nitrogens with one attached hydrogen (secondary N) is 4. The molecule has 0 fully saturated rings. The van der Waals surface area contributed by atoms with Gasteiger partial charge in [0, 0.05) is 10.8 Å². The van der Waals surface area contributed by atoms with E-state index in [2.05, 4.69) is 31.9 Å². The SMILES string of the molecule is CCOC(=O)NNc1nnc(NNC(=O)OCC)c2ccccc12. The number of hydrazine groups is 2. The number of rotatable bonds is 6. The molecule has 128 valence electrons. The van der Waals surface area contributed by atoms with Crippen molar-refractivity contribution >= 4 is 34.6 Å².